The molecule has 0 unspecified atom stereocenters. The summed E-state index contributed by atoms with van der Waals surface area (Å²) in [7, 11) is 0. The molecule has 4 rings (SSSR count). The average Bonchev–Trinajstić information content (AvgIpc) is 2.78. The summed E-state index contributed by atoms with van der Waals surface area (Å²) >= 11 is 0. The molecule has 7 nitrogen and oxygen atoms in total. The van der Waals surface area contributed by atoms with Gasteiger partial charge < -0.3 is 21.3 Å². The highest BCUT2D eigenvalue weighted by molar-refractivity contribution is 5.98. The number of carbonyl (C=O) groups is 2. The zero-order valence-electron chi connectivity index (χ0n) is 17.8. The van der Waals surface area contributed by atoms with Crippen molar-refractivity contribution in [3.63, 3.8) is 0 Å². The maximum atomic E-state index is 13.5. The Balaban J connectivity index is 1.47. The Kier molecular flexibility index (Phi) is 6.48. The smallest absolute Gasteiger partial charge is 0.252 e. The van der Waals surface area contributed by atoms with E-state index in [0.717, 1.165) is 17.4 Å². The highest BCUT2D eigenvalue weighted by atomic mass is 19.1. The van der Waals surface area contributed by atoms with Gasteiger partial charge in [-0.05, 0) is 42.0 Å². The van der Waals surface area contributed by atoms with Gasteiger partial charge in [0.1, 0.15) is 23.2 Å². The number of nitrogens with zero attached hydrogens (tertiary/aromatic N) is 2. The van der Waals surface area contributed by atoms with Crippen LogP contribution in [-0.2, 0) is 11.3 Å². The Bertz CT molecular complexity index is 1150. The van der Waals surface area contributed by atoms with Gasteiger partial charge in [0.15, 0.2) is 0 Å². The van der Waals surface area contributed by atoms with Crippen LogP contribution in [0.5, 0.6) is 0 Å². The van der Waals surface area contributed by atoms with Crippen molar-refractivity contribution in [3.05, 3.63) is 77.5 Å². The number of ketones is 1. The van der Waals surface area contributed by atoms with E-state index in [-0.39, 0.29) is 12.1 Å². The molecule has 9 heteroatoms. The van der Waals surface area contributed by atoms with Crippen molar-refractivity contribution in [2.75, 3.05) is 28.6 Å². The minimum Gasteiger partial charge on any atom is -0.380 e. The van der Waals surface area contributed by atoms with Crippen LogP contribution in [-0.4, -0.2) is 29.8 Å². The molecule has 0 aliphatic carbocycles. The second-order valence-corrected chi connectivity index (χ2v) is 7.81. The lowest BCUT2D eigenvalue weighted by molar-refractivity contribution is -0.119. The molecule has 1 amide bonds. The summed E-state index contributed by atoms with van der Waals surface area (Å²) in [6, 6.07) is 12.6. The number of hydrogen-bond donors (Lipinski definition) is 3. The van der Waals surface area contributed by atoms with Crippen LogP contribution in [0.3, 0.4) is 0 Å². The minimum atomic E-state index is -0.682. The maximum absolute atomic E-state index is 13.5. The molecule has 33 heavy (non-hydrogen) atoms. The highest BCUT2D eigenvalue weighted by Gasteiger charge is 2.16. The van der Waals surface area contributed by atoms with E-state index in [1.807, 2.05) is 24.3 Å². The molecule has 0 atom stereocenters. The zero-order chi connectivity index (χ0) is 23.4. The lowest BCUT2D eigenvalue weighted by atomic mass is 10.1. The van der Waals surface area contributed by atoms with E-state index in [2.05, 4.69) is 20.5 Å². The van der Waals surface area contributed by atoms with Gasteiger partial charge in [0.2, 0.25) is 0 Å². The fourth-order valence-electron chi connectivity index (χ4n) is 3.69. The summed E-state index contributed by atoms with van der Waals surface area (Å²) in [6.07, 6.45) is 2.47. The van der Waals surface area contributed by atoms with Gasteiger partial charge in [-0.1, -0.05) is 0 Å². The van der Waals surface area contributed by atoms with Crippen LogP contribution < -0.4 is 21.3 Å². The van der Waals surface area contributed by atoms with Crippen LogP contribution in [0.4, 0.5) is 31.7 Å². The molecule has 3 aromatic rings. The van der Waals surface area contributed by atoms with Crippen molar-refractivity contribution < 1.29 is 18.4 Å². The quantitative estimate of drug-likeness (QED) is 0.502. The Morgan fingerprint density at radius 3 is 2.33 bits per heavy atom. The fraction of sp³-hybridized carbons (Fsp3) is 0.208. The molecule has 0 saturated carbocycles. The first-order valence-corrected chi connectivity index (χ1v) is 10.5. The number of pyridine rings is 1. The van der Waals surface area contributed by atoms with Gasteiger partial charge in [-0.2, -0.15) is 0 Å². The van der Waals surface area contributed by atoms with Gasteiger partial charge in [0.25, 0.3) is 5.91 Å². The fourth-order valence-corrected chi connectivity index (χ4v) is 3.69. The second-order valence-electron chi connectivity index (χ2n) is 7.81. The van der Waals surface area contributed by atoms with Gasteiger partial charge in [0, 0.05) is 62.2 Å². The Hall–Kier alpha value is -4.01. The van der Waals surface area contributed by atoms with E-state index in [1.54, 1.807) is 6.07 Å². The molecular formula is C24H23F2N5O2. The van der Waals surface area contributed by atoms with E-state index in [9.17, 15) is 18.4 Å². The zero-order valence-corrected chi connectivity index (χ0v) is 17.8. The van der Waals surface area contributed by atoms with Gasteiger partial charge in [-0.3, -0.25) is 9.59 Å². The third-order valence-corrected chi connectivity index (χ3v) is 5.40. The number of benzene rings is 2. The number of piperidine rings is 1. The normalized spacial score (nSPS) is 13.6. The molecule has 4 N–H and O–H groups in total. The van der Waals surface area contributed by atoms with Crippen molar-refractivity contribution in [3.8, 4) is 0 Å². The molecule has 2 heterocycles. The Morgan fingerprint density at radius 2 is 1.70 bits per heavy atom. The van der Waals surface area contributed by atoms with Crippen LogP contribution in [0, 0.1) is 11.6 Å². The SMILES string of the molecule is NC(=O)c1cnc(Nc2ccc(N3CCC(=O)CC3)cc2)cc1NCc1cc(F)cc(F)c1. The lowest BCUT2D eigenvalue weighted by Gasteiger charge is -2.28. The van der Waals surface area contributed by atoms with Crippen molar-refractivity contribution in [2.24, 2.45) is 5.73 Å². The summed E-state index contributed by atoms with van der Waals surface area (Å²) in [5.41, 5.74) is 8.19. The first-order valence-electron chi connectivity index (χ1n) is 10.5. The van der Waals surface area contributed by atoms with E-state index in [1.165, 1.54) is 18.3 Å². The molecule has 0 spiro atoms. The standard InChI is InChI=1S/C24H23F2N5O2/c25-16-9-15(10-17(26)11-16)13-28-22-12-23(29-14-21(22)24(27)33)30-18-1-3-19(4-2-18)31-7-5-20(32)6-8-31/h1-4,9-12,14H,5-8,13H2,(H2,27,33)(H2,28,29,30). The van der Waals surface area contributed by atoms with E-state index >= 15 is 0 Å². The summed E-state index contributed by atoms with van der Waals surface area (Å²) in [5.74, 6) is -1.28. The minimum absolute atomic E-state index is 0.0887. The first kappa shape index (κ1) is 22.2. The summed E-state index contributed by atoms with van der Waals surface area (Å²) < 4.78 is 26.9. The number of anilines is 4. The van der Waals surface area contributed by atoms with Crippen molar-refractivity contribution in [1.29, 1.82) is 0 Å². The molecule has 1 fully saturated rings. The Morgan fingerprint density at radius 1 is 1.03 bits per heavy atom. The number of halogens is 2. The summed E-state index contributed by atoms with van der Waals surface area (Å²) in [6.45, 7) is 1.52. The largest absolute Gasteiger partial charge is 0.380 e. The van der Waals surface area contributed by atoms with Gasteiger partial charge in [-0.25, -0.2) is 13.8 Å². The van der Waals surface area contributed by atoms with Gasteiger partial charge in [-0.15, -0.1) is 0 Å². The van der Waals surface area contributed by atoms with Crippen LogP contribution >= 0.6 is 0 Å². The average molecular weight is 451 g/mol. The van der Waals surface area contributed by atoms with Crippen LogP contribution in [0.25, 0.3) is 0 Å². The monoisotopic (exact) mass is 451 g/mol. The van der Waals surface area contributed by atoms with E-state index in [0.29, 0.717) is 48.8 Å². The number of hydrogen-bond acceptors (Lipinski definition) is 6. The van der Waals surface area contributed by atoms with Crippen molar-refractivity contribution >= 4 is 34.6 Å². The summed E-state index contributed by atoms with van der Waals surface area (Å²) in [5, 5.41) is 6.17. The third kappa shape index (κ3) is 5.62. The first-order chi connectivity index (χ1) is 15.9. The molecule has 1 aromatic heterocycles. The van der Waals surface area contributed by atoms with E-state index in [4.69, 9.17) is 5.73 Å². The molecule has 170 valence electrons. The van der Waals surface area contributed by atoms with Crippen LogP contribution in [0.15, 0.2) is 54.7 Å². The predicted octanol–water partition coefficient (Wildman–Crippen LogP) is 3.98. The van der Waals surface area contributed by atoms with Gasteiger partial charge in [0.05, 0.1) is 11.3 Å². The van der Waals surface area contributed by atoms with E-state index < -0.39 is 17.5 Å². The molecule has 0 bridgehead atoms. The number of carbonyl (C=O) groups excluding carboxylic acids is 2. The Labute approximate surface area is 189 Å². The molecule has 2 aromatic carbocycles. The molecular weight excluding hydrogens is 428 g/mol. The van der Waals surface area contributed by atoms with Crippen LogP contribution in [0.1, 0.15) is 28.8 Å². The number of rotatable bonds is 7. The highest BCUT2D eigenvalue weighted by Crippen LogP contribution is 2.25. The lowest BCUT2D eigenvalue weighted by Crippen LogP contribution is -2.33. The molecule has 1 aliphatic heterocycles. The van der Waals surface area contributed by atoms with Gasteiger partial charge >= 0.3 is 0 Å². The number of nitrogens with two attached hydrogens (primary N) is 1. The second kappa shape index (κ2) is 9.64. The number of primary amides is 1. The maximum Gasteiger partial charge on any atom is 0.252 e. The number of Topliss-reactive ketones (excluding diaryl/α,β-unsaturated/α-hetero) is 1. The number of amides is 1. The molecule has 1 saturated heterocycles. The topological polar surface area (TPSA) is 100 Å². The molecule has 0 radical (unpaired) electrons. The number of nitrogens with one attached hydrogen (secondary N) is 2. The third-order valence-electron chi connectivity index (χ3n) is 5.40. The number of aromatic nitrogens is 1. The predicted molar refractivity (Wildman–Crippen MR) is 123 cm³/mol. The van der Waals surface area contributed by atoms with Crippen molar-refractivity contribution in [2.45, 2.75) is 19.4 Å². The summed E-state index contributed by atoms with van der Waals surface area (Å²) in [4.78, 5) is 29.6. The molecule has 1 aliphatic rings. The van der Waals surface area contributed by atoms with Crippen LogP contribution in [0.2, 0.25) is 0 Å². The van der Waals surface area contributed by atoms with Crippen molar-refractivity contribution in [1.82, 2.24) is 4.98 Å².